The third-order valence-corrected chi connectivity index (χ3v) is 7.14. The maximum atomic E-state index is 13.0. The van der Waals surface area contributed by atoms with Crippen LogP contribution >= 0.6 is 0 Å². The predicted octanol–water partition coefficient (Wildman–Crippen LogP) is 0.833. The molecule has 29 heavy (non-hydrogen) atoms. The molecular weight excluding hydrogens is 394 g/mol. The Kier molecular flexibility index (Phi) is 5.84. The van der Waals surface area contributed by atoms with Crippen LogP contribution in [-0.4, -0.2) is 82.5 Å². The van der Waals surface area contributed by atoms with Crippen molar-refractivity contribution in [3.05, 3.63) is 36.5 Å². The monoisotopic (exact) mass is 419 g/mol. The number of methoxy groups -OCH3 is 1. The molecule has 0 bridgehead atoms. The van der Waals surface area contributed by atoms with Crippen LogP contribution in [0.5, 0.6) is 5.75 Å². The van der Waals surface area contributed by atoms with Gasteiger partial charge in [0, 0.05) is 51.4 Å². The van der Waals surface area contributed by atoms with Gasteiger partial charge in [0.2, 0.25) is 10.0 Å². The number of nitrogens with zero attached hydrogens (tertiary/aromatic N) is 5. The summed E-state index contributed by atoms with van der Waals surface area (Å²) in [6.45, 7) is 4.98. The molecule has 1 aromatic carbocycles. The summed E-state index contributed by atoms with van der Waals surface area (Å²) in [7, 11) is -2.03. The maximum absolute atomic E-state index is 13.0. The molecule has 3 heterocycles. The van der Waals surface area contributed by atoms with Crippen LogP contribution in [0, 0.1) is 0 Å². The van der Waals surface area contributed by atoms with Gasteiger partial charge in [-0.3, -0.25) is 0 Å². The zero-order valence-corrected chi connectivity index (χ0v) is 17.2. The van der Waals surface area contributed by atoms with E-state index in [0.29, 0.717) is 45.1 Å². The molecule has 0 aliphatic carbocycles. The largest absolute Gasteiger partial charge is 0.497 e. The van der Waals surface area contributed by atoms with Gasteiger partial charge in [0.25, 0.3) is 0 Å². The maximum Gasteiger partial charge on any atom is 0.243 e. The number of hydrogen-bond donors (Lipinski definition) is 0. The highest BCUT2D eigenvalue weighted by atomic mass is 32.2. The summed E-state index contributed by atoms with van der Waals surface area (Å²) >= 11 is 0. The van der Waals surface area contributed by atoms with E-state index >= 15 is 0 Å². The summed E-state index contributed by atoms with van der Waals surface area (Å²) in [6.07, 6.45) is 1.76. The van der Waals surface area contributed by atoms with Crippen LogP contribution in [0.25, 0.3) is 0 Å². The molecule has 0 amide bonds. The fourth-order valence-corrected chi connectivity index (χ4v) is 5.02. The van der Waals surface area contributed by atoms with Crippen molar-refractivity contribution in [2.75, 3.05) is 69.4 Å². The number of anilines is 2. The number of piperazine rings is 1. The lowest BCUT2D eigenvalue weighted by atomic mass is 10.3. The summed E-state index contributed by atoms with van der Waals surface area (Å²) in [5, 5.41) is 8.41. The fraction of sp³-hybridized carbons (Fsp3) is 0.474. The van der Waals surface area contributed by atoms with Crippen LogP contribution < -0.4 is 14.5 Å². The first-order chi connectivity index (χ1) is 14.1. The molecule has 2 saturated heterocycles. The van der Waals surface area contributed by atoms with Crippen LogP contribution in [0.15, 0.2) is 41.4 Å². The highest BCUT2D eigenvalue weighted by Gasteiger charge is 2.29. The van der Waals surface area contributed by atoms with Gasteiger partial charge in [-0.25, -0.2) is 8.42 Å². The van der Waals surface area contributed by atoms with Crippen molar-refractivity contribution in [2.24, 2.45) is 0 Å². The van der Waals surface area contributed by atoms with E-state index in [1.54, 1.807) is 30.5 Å². The smallest absolute Gasteiger partial charge is 0.243 e. The summed E-state index contributed by atoms with van der Waals surface area (Å²) in [6, 6.07) is 8.59. The highest BCUT2D eigenvalue weighted by Crippen LogP contribution is 2.24. The van der Waals surface area contributed by atoms with Crippen LogP contribution in [-0.2, 0) is 14.8 Å². The van der Waals surface area contributed by atoms with Crippen molar-refractivity contribution in [1.82, 2.24) is 14.5 Å². The van der Waals surface area contributed by atoms with E-state index in [-0.39, 0.29) is 4.90 Å². The molecule has 2 fully saturated rings. The van der Waals surface area contributed by atoms with Gasteiger partial charge in [0.15, 0.2) is 5.82 Å². The van der Waals surface area contributed by atoms with Gasteiger partial charge in [-0.15, -0.1) is 5.10 Å². The molecule has 0 unspecified atom stereocenters. The molecular formula is C19H25N5O4S. The summed E-state index contributed by atoms with van der Waals surface area (Å²) < 4.78 is 38.0. The molecule has 156 valence electrons. The Balaban J connectivity index is 1.44. The normalized spacial score (nSPS) is 18.7. The van der Waals surface area contributed by atoms with Crippen LogP contribution in [0.3, 0.4) is 0 Å². The van der Waals surface area contributed by atoms with E-state index in [4.69, 9.17) is 9.47 Å². The molecule has 4 rings (SSSR count). The molecule has 0 spiro atoms. The number of aromatic nitrogens is 2. The Morgan fingerprint density at radius 2 is 1.76 bits per heavy atom. The zero-order chi connectivity index (χ0) is 20.3. The van der Waals surface area contributed by atoms with E-state index in [1.165, 1.54) is 11.4 Å². The number of rotatable bonds is 5. The molecule has 2 aliphatic rings. The molecule has 10 heteroatoms. The van der Waals surface area contributed by atoms with E-state index < -0.39 is 10.0 Å². The van der Waals surface area contributed by atoms with Crippen LogP contribution in [0.2, 0.25) is 0 Å². The molecule has 0 saturated carbocycles. The van der Waals surface area contributed by atoms with Gasteiger partial charge >= 0.3 is 0 Å². The van der Waals surface area contributed by atoms with Crippen molar-refractivity contribution in [3.63, 3.8) is 0 Å². The van der Waals surface area contributed by atoms with Crippen molar-refractivity contribution >= 4 is 21.5 Å². The minimum absolute atomic E-state index is 0.249. The first kappa shape index (κ1) is 19.9. The van der Waals surface area contributed by atoms with Crippen molar-refractivity contribution in [1.29, 1.82) is 0 Å². The van der Waals surface area contributed by atoms with Gasteiger partial charge in [-0.2, -0.15) is 9.40 Å². The highest BCUT2D eigenvalue weighted by molar-refractivity contribution is 7.89. The molecule has 2 aliphatic heterocycles. The van der Waals surface area contributed by atoms with Gasteiger partial charge in [0.1, 0.15) is 5.75 Å². The van der Waals surface area contributed by atoms with E-state index in [9.17, 15) is 8.42 Å². The first-order valence-electron chi connectivity index (χ1n) is 9.62. The molecule has 0 atom stereocenters. The Hall–Kier alpha value is -2.43. The Labute approximate surface area is 170 Å². The average molecular weight is 420 g/mol. The number of hydrogen-bond acceptors (Lipinski definition) is 8. The number of ether oxygens (including phenoxy) is 2. The van der Waals surface area contributed by atoms with Crippen molar-refractivity contribution in [3.8, 4) is 5.75 Å². The Morgan fingerprint density at radius 1 is 1.00 bits per heavy atom. The minimum atomic E-state index is -3.56. The summed E-state index contributed by atoms with van der Waals surface area (Å²) in [4.78, 5) is 4.55. The second kappa shape index (κ2) is 8.52. The third-order valence-electron chi connectivity index (χ3n) is 5.25. The SMILES string of the molecule is COc1cccc(S(=O)(=O)N2CCN(c3cc(N4CCOCC4)cnn3)CC2)c1. The Bertz CT molecular complexity index is 941. The molecule has 0 radical (unpaired) electrons. The first-order valence-corrected chi connectivity index (χ1v) is 11.1. The van der Waals surface area contributed by atoms with Crippen molar-refractivity contribution < 1.29 is 17.9 Å². The topological polar surface area (TPSA) is 88.1 Å². The average Bonchev–Trinajstić information content (AvgIpc) is 2.80. The van der Waals surface area contributed by atoms with Crippen molar-refractivity contribution in [2.45, 2.75) is 4.90 Å². The number of sulfonamides is 1. The summed E-state index contributed by atoms with van der Waals surface area (Å²) in [5.74, 6) is 1.30. The van der Waals surface area contributed by atoms with E-state index in [1.807, 2.05) is 6.07 Å². The van der Waals surface area contributed by atoms with Gasteiger partial charge in [-0.1, -0.05) is 6.07 Å². The molecule has 0 N–H and O–H groups in total. The lowest BCUT2D eigenvalue weighted by Gasteiger charge is -2.35. The lowest BCUT2D eigenvalue weighted by molar-refractivity contribution is 0.122. The second-order valence-electron chi connectivity index (χ2n) is 6.94. The standard InChI is InChI=1S/C19H25N5O4S/c1-27-17-3-2-4-18(14-17)29(25,26)24-7-5-23(6-8-24)19-13-16(15-20-21-19)22-9-11-28-12-10-22/h2-4,13-15H,5-12H2,1H3. The quantitative estimate of drug-likeness (QED) is 0.704. The van der Waals surface area contributed by atoms with Crippen LogP contribution in [0.4, 0.5) is 11.5 Å². The van der Waals surface area contributed by atoms with E-state index in [2.05, 4.69) is 20.0 Å². The predicted molar refractivity (Wildman–Crippen MR) is 109 cm³/mol. The summed E-state index contributed by atoms with van der Waals surface area (Å²) in [5.41, 5.74) is 1.02. The van der Waals surface area contributed by atoms with Gasteiger partial charge in [0.05, 0.1) is 37.1 Å². The number of benzene rings is 1. The zero-order valence-electron chi connectivity index (χ0n) is 16.4. The van der Waals surface area contributed by atoms with E-state index in [0.717, 1.165) is 24.6 Å². The number of morpholine rings is 1. The van der Waals surface area contributed by atoms with Gasteiger partial charge in [-0.05, 0) is 12.1 Å². The Morgan fingerprint density at radius 3 is 2.48 bits per heavy atom. The van der Waals surface area contributed by atoms with Gasteiger partial charge < -0.3 is 19.3 Å². The molecule has 1 aromatic heterocycles. The minimum Gasteiger partial charge on any atom is -0.497 e. The molecule has 9 nitrogen and oxygen atoms in total. The lowest BCUT2D eigenvalue weighted by Crippen LogP contribution is -2.49. The second-order valence-corrected chi connectivity index (χ2v) is 8.88. The third kappa shape index (κ3) is 4.29. The fourth-order valence-electron chi connectivity index (χ4n) is 3.56. The van der Waals surface area contributed by atoms with Crippen LogP contribution in [0.1, 0.15) is 0 Å². The molecule has 2 aromatic rings.